The van der Waals surface area contributed by atoms with E-state index in [0.29, 0.717) is 6.61 Å². The van der Waals surface area contributed by atoms with Gasteiger partial charge >= 0.3 is 0 Å². The minimum atomic E-state index is -0.757. The summed E-state index contributed by atoms with van der Waals surface area (Å²) in [5.41, 5.74) is 0. The smallest absolute Gasteiger partial charge is 0.114 e. The van der Waals surface area contributed by atoms with Crippen LogP contribution in [0, 0.1) is 0 Å². The molecule has 0 saturated carbocycles. The van der Waals surface area contributed by atoms with E-state index in [9.17, 15) is 5.11 Å². The molecule has 0 unspecified atom stereocenters. The van der Waals surface area contributed by atoms with Crippen LogP contribution in [0.15, 0.2) is 0 Å². The van der Waals surface area contributed by atoms with E-state index in [-0.39, 0.29) is 18.8 Å². The fraction of sp³-hybridized carbons (Fsp3) is 1.00. The van der Waals surface area contributed by atoms with Gasteiger partial charge < -0.3 is 19.7 Å². The van der Waals surface area contributed by atoms with Crippen LogP contribution in [-0.2, 0) is 9.47 Å². The van der Waals surface area contributed by atoms with Gasteiger partial charge in [-0.05, 0) is 0 Å². The maximum Gasteiger partial charge on any atom is 0.114 e. The van der Waals surface area contributed by atoms with Gasteiger partial charge in [-0.15, -0.1) is 0 Å². The van der Waals surface area contributed by atoms with Gasteiger partial charge in [0.2, 0.25) is 0 Å². The third-order valence-corrected chi connectivity index (χ3v) is 1.92. The summed E-state index contributed by atoms with van der Waals surface area (Å²) in [5.74, 6) is 0. The number of epoxide rings is 1. The van der Waals surface area contributed by atoms with E-state index in [1.54, 1.807) is 0 Å². The summed E-state index contributed by atoms with van der Waals surface area (Å²) in [4.78, 5) is 0. The summed E-state index contributed by atoms with van der Waals surface area (Å²) in [6.07, 6.45) is -1.76. The van der Waals surface area contributed by atoms with E-state index in [0.717, 1.165) is 0 Å². The van der Waals surface area contributed by atoms with E-state index in [2.05, 4.69) is 0 Å². The molecule has 4 nitrogen and oxygen atoms in total. The molecule has 0 bridgehead atoms. The minimum Gasteiger partial charge on any atom is -0.388 e. The van der Waals surface area contributed by atoms with Crippen molar-refractivity contribution in [3.8, 4) is 0 Å². The Bertz CT molecular complexity index is 134. The van der Waals surface area contributed by atoms with Gasteiger partial charge in [-0.2, -0.15) is 0 Å². The molecule has 0 radical (unpaired) electrons. The lowest BCUT2D eigenvalue weighted by molar-refractivity contribution is 0.00960. The van der Waals surface area contributed by atoms with Crippen LogP contribution in [0.1, 0.15) is 0 Å². The first kappa shape index (κ1) is 6.54. The number of aliphatic hydroxyl groups is 2. The molecule has 0 spiro atoms. The summed E-state index contributed by atoms with van der Waals surface area (Å²) in [6, 6.07) is 0. The summed E-state index contributed by atoms with van der Waals surface area (Å²) in [5, 5.41) is 18.2. The van der Waals surface area contributed by atoms with E-state index >= 15 is 0 Å². The highest BCUT2D eigenvalue weighted by Gasteiger charge is 2.45. The molecule has 4 atom stereocenters. The van der Waals surface area contributed by atoms with Crippen molar-refractivity contribution in [1.82, 2.24) is 0 Å². The first-order valence-electron chi connectivity index (χ1n) is 3.38. The SMILES string of the molecule is O[C@H]1[C@H]([C@H]2CO2)OC[C@@H]1O. The molecule has 0 aliphatic carbocycles. The number of hydrogen-bond donors (Lipinski definition) is 2. The minimum absolute atomic E-state index is 0.0205. The third-order valence-electron chi connectivity index (χ3n) is 1.92. The topological polar surface area (TPSA) is 62.2 Å². The molecule has 2 fully saturated rings. The van der Waals surface area contributed by atoms with Crippen LogP contribution in [0.2, 0.25) is 0 Å². The van der Waals surface area contributed by atoms with E-state index in [4.69, 9.17) is 14.6 Å². The Morgan fingerprint density at radius 1 is 1.10 bits per heavy atom. The fourth-order valence-electron chi connectivity index (χ4n) is 1.20. The van der Waals surface area contributed by atoms with Crippen LogP contribution in [0.25, 0.3) is 0 Å². The van der Waals surface area contributed by atoms with Crippen molar-refractivity contribution < 1.29 is 19.7 Å². The molecule has 2 heterocycles. The Morgan fingerprint density at radius 2 is 1.80 bits per heavy atom. The predicted molar refractivity (Wildman–Crippen MR) is 31.5 cm³/mol. The van der Waals surface area contributed by atoms with Crippen molar-refractivity contribution in [1.29, 1.82) is 0 Å². The average molecular weight is 146 g/mol. The molecule has 2 N–H and O–H groups in total. The van der Waals surface area contributed by atoms with Gasteiger partial charge in [0.15, 0.2) is 0 Å². The molecule has 10 heavy (non-hydrogen) atoms. The highest BCUT2D eigenvalue weighted by molar-refractivity contribution is 4.93. The molecule has 0 aromatic carbocycles. The second-order valence-electron chi connectivity index (χ2n) is 2.73. The normalized spacial score (nSPS) is 53.4. The van der Waals surface area contributed by atoms with Gasteiger partial charge in [-0.25, -0.2) is 0 Å². The molecule has 0 amide bonds. The quantitative estimate of drug-likeness (QED) is 0.442. The second kappa shape index (κ2) is 2.17. The number of hydrogen-bond acceptors (Lipinski definition) is 4. The van der Waals surface area contributed by atoms with Crippen molar-refractivity contribution in [3.63, 3.8) is 0 Å². The monoisotopic (exact) mass is 146 g/mol. The molecule has 2 rings (SSSR count). The summed E-state index contributed by atoms with van der Waals surface area (Å²) < 4.78 is 9.99. The zero-order valence-electron chi connectivity index (χ0n) is 5.43. The molecular weight excluding hydrogens is 136 g/mol. The molecule has 58 valence electrons. The van der Waals surface area contributed by atoms with Crippen molar-refractivity contribution in [2.24, 2.45) is 0 Å². The Kier molecular flexibility index (Phi) is 1.42. The van der Waals surface area contributed by atoms with Gasteiger partial charge in [0, 0.05) is 0 Å². The van der Waals surface area contributed by atoms with Gasteiger partial charge in [0.05, 0.1) is 13.2 Å². The standard InChI is InChI=1S/C6H10O4/c7-3-1-10-6(5(3)8)4-2-9-4/h3-8H,1-2H2/t3-,4+,5+,6-/m0/s1. The van der Waals surface area contributed by atoms with Gasteiger partial charge in [-0.3, -0.25) is 0 Å². The summed E-state index contributed by atoms with van der Waals surface area (Å²) >= 11 is 0. The van der Waals surface area contributed by atoms with E-state index in [1.807, 2.05) is 0 Å². The first-order valence-corrected chi connectivity index (χ1v) is 3.38. The Morgan fingerprint density at radius 3 is 2.20 bits per heavy atom. The lowest BCUT2D eigenvalue weighted by Gasteiger charge is -2.10. The van der Waals surface area contributed by atoms with E-state index in [1.165, 1.54) is 0 Å². The lowest BCUT2D eigenvalue weighted by atomic mass is 10.1. The van der Waals surface area contributed by atoms with Gasteiger partial charge in [-0.1, -0.05) is 0 Å². The fourth-order valence-corrected chi connectivity index (χ4v) is 1.20. The van der Waals surface area contributed by atoms with Crippen LogP contribution >= 0.6 is 0 Å². The third kappa shape index (κ3) is 0.932. The number of rotatable bonds is 1. The molecule has 2 aliphatic rings. The highest BCUT2D eigenvalue weighted by Crippen LogP contribution is 2.25. The Balaban J connectivity index is 1.96. The van der Waals surface area contributed by atoms with Crippen molar-refractivity contribution in [2.45, 2.75) is 24.4 Å². The van der Waals surface area contributed by atoms with Crippen LogP contribution in [0.4, 0.5) is 0 Å². The zero-order chi connectivity index (χ0) is 7.14. The van der Waals surface area contributed by atoms with Crippen molar-refractivity contribution in [3.05, 3.63) is 0 Å². The van der Waals surface area contributed by atoms with Crippen LogP contribution in [0.3, 0.4) is 0 Å². The summed E-state index contributed by atoms with van der Waals surface area (Å²) in [6.45, 7) is 0.875. The van der Waals surface area contributed by atoms with Crippen LogP contribution in [0.5, 0.6) is 0 Å². The zero-order valence-corrected chi connectivity index (χ0v) is 5.43. The van der Waals surface area contributed by atoms with Gasteiger partial charge in [0.1, 0.15) is 24.4 Å². The average Bonchev–Trinajstić information content (AvgIpc) is 2.67. The Labute approximate surface area is 58.4 Å². The van der Waals surface area contributed by atoms with Crippen LogP contribution in [-0.4, -0.2) is 47.8 Å². The van der Waals surface area contributed by atoms with E-state index < -0.39 is 12.2 Å². The predicted octanol–water partition coefficient (Wildman–Crippen LogP) is -1.49. The summed E-state index contributed by atoms with van der Waals surface area (Å²) in [7, 11) is 0. The molecular formula is C6H10O4. The Hall–Kier alpha value is -0.160. The van der Waals surface area contributed by atoms with Crippen molar-refractivity contribution >= 4 is 0 Å². The van der Waals surface area contributed by atoms with Gasteiger partial charge in [0.25, 0.3) is 0 Å². The molecule has 0 aromatic rings. The largest absolute Gasteiger partial charge is 0.388 e. The number of ether oxygens (including phenoxy) is 2. The maximum atomic E-state index is 9.21. The molecule has 2 saturated heterocycles. The first-order chi connectivity index (χ1) is 4.79. The lowest BCUT2D eigenvalue weighted by Crippen LogP contribution is -2.33. The molecule has 0 aromatic heterocycles. The molecule has 4 heteroatoms. The highest BCUT2D eigenvalue weighted by atomic mass is 16.6. The molecule has 2 aliphatic heterocycles. The van der Waals surface area contributed by atoms with Crippen LogP contribution < -0.4 is 0 Å². The maximum absolute atomic E-state index is 9.21. The second-order valence-corrected chi connectivity index (χ2v) is 2.73. The number of aliphatic hydroxyl groups excluding tert-OH is 2. The van der Waals surface area contributed by atoms with Crippen molar-refractivity contribution in [2.75, 3.05) is 13.2 Å².